The topological polar surface area (TPSA) is 50.3 Å². The normalized spacial score (nSPS) is 20.4. The SMILES string of the molecule is COCC1(CNc2ncc(F)c(N3CCCC3)n2)CCC1. The van der Waals surface area contributed by atoms with Crippen LogP contribution in [-0.4, -0.2) is 43.3 Å². The van der Waals surface area contributed by atoms with Gasteiger partial charge < -0.3 is 15.0 Å². The first-order valence-corrected chi connectivity index (χ1v) is 7.73. The van der Waals surface area contributed by atoms with E-state index < -0.39 is 0 Å². The Labute approximate surface area is 124 Å². The summed E-state index contributed by atoms with van der Waals surface area (Å²) in [4.78, 5) is 10.4. The Morgan fingerprint density at radius 2 is 2.10 bits per heavy atom. The molecule has 1 saturated carbocycles. The molecule has 1 aliphatic carbocycles. The van der Waals surface area contributed by atoms with Crippen molar-refractivity contribution >= 4 is 11.8 Å². The highest BCUT2D eigenvalue weighted by Gasteiger charge is 2.37. The lowest BCUT2D eigenvalue weighted by atomic mass is 9.69. The largest absolute Gasteiger partial charge is 0.384 e. The van der Waals surface area contributed by atoms with Crippen LogP contribution in [0.15, 0.2) is 6.20 Å². The molecule has 116 valence electrons. The highest BCUT2D eigenvalue weighted by atomic mass is 19.1. The number of methoxy groups -OCH3 is 1. The van der Waals surface area contributed by atoms with Crippen molar-refractivity contribution in [3.8, 4) is 0 Å². The highest BCUT2D eigenvalue weighted by molar-refractivity contribution is 5.44. The van der Waals surface area contributed by atoms with Gasteiger partial charge in [0.1, 0.15) is 0 Å². The molecule has 0 atom stereocenters. The minimum atomic E-state index is -0.335. The summed E-state index contributed by atoms with van der Waals surface area (Å²) in [6, 6.07) is 0. The Bertz CT molecular complexity index is 487. The molecule has 0 radical (unpaired) electrons. The number of nitrogens with one attached hydrogen (secondary N) is 1. The van der Waals surface area contributed by atoms with Crippen LogP contribution >= 0.6 is 0 Å². The third-order valence-corrected chi connectivity index (χ3v) is 4.62. The van der Waals surface area contributed by atoms with Crippen LogP contribution < -0.4 is 10.2 Å². The maximum Gasteiger partial charge on any atom is 0.224 e. The standard InChI is InChI=1S/C15H23FN4O/c1-21-11-15(5-4-6-15)10-18-14-17-9-12(16)13(19-14)20-7-2-3-8-20/h9H,2-8,10-11H2,1H3,(H,17,18,19). The molecule has 1 aliphatic heterocycles. The van der Waals surface area contributed by atoms with E-state index in [1.807, 2.05) is 4.90 Å². The number of hydrogen-bond donors (Lipinski definition) is 1. The highest BCUT2D eigenvalue weighted by Crippen LogP contribution is 2.41. The van der Waals surface area contributed by atoms with E-state index in [9.17, 15) is 4.39 Å². The second-order valence-corrected chi connectivity index (χ2v) is 6.20. The second kappa shape index (κ2) is 6.13. The van der Waals surface area contributed by atoms with Gasteiger partial charge in [-0.1, -0.05) is 6.42 Å². The molecule has 0 aromatic carbocycles. The van der Waals surface area contributed by atoms with Gasteiger partial charge in [-0.2, -0.15) is 4.98 Å². The molecule has 0 bridgehead atoms. The predicted molar refractivity (Wildman–Crippen MR) is 80.1 cm³/mol. The third-order valence-electron chi connectivity index (χ3n) is 4.62. The molecule has 2 heterocycles. The molecule has 2 aliphatic rings. The number of nitrogens with zero attached hydrogens (tertiary/aromatic N) is 3. The Balaban J connectivity index is 1.66. The van der Waals surface area contributed by atoms with Crippen LogP contribution in [0.4, 0.5) is 16.2 Å². The van der Waals surface area contributed by atoms with Crippen molar-refractivity contribution in [3.05, 3.63) is 12.0 Å². The molecule has 1 N–H and O–H groups in total. The first-order valence-electron chi connectivity index (χ1n) is 7.73. The minimum Gasteiger partial charge on any atom is -0.384 e. The summed E-state index contributed by atoms with van der Waals surface area (Å²) < 4.78 is 19.2. The summed E-state index contributed by atoms with van der Waals surface area (Å²) in [6.45, 7) is 3.29. The van der Waals surface area contributed by atoms with E-state index >= 15 is 0 Å². The van der Waals surface area contributed by atoms with Gasteiger partial charge in [-0.25, -0.2) is 9.37 Å². The molecule has 0 unspecified atom stereocenters. The first-order chi connectivity index (χ1) is 10.2. The second-order valence-electron chi connectivity index (χ2n) is 6.20. The zero-order chi connectivity index (χ0) is 14.7. The lowest BCUT2D eigenvalue weighted by Gasteiger charge is -2.41. The van der Waals surface area contributed by atoms with Gasteiger partial charge in [0.2, 0.25) is 5.95 Å². The van der Waals surface area contributed by atoms with E-state index in [1.54, 1.807) is 7.11 Å². The molecule has 5 nitrogen and oxygen atoms in total. The summed E-state index contributed by atoms with van der Waals surface area (Å²) in [6.07, 6.45) is 7.04. The zero-order valence-electron chi connectivity index (χ0n) is 12.6. The van der Waals surface area contributed by atoms with E-state index in [2.05, 4.69) is 15.3 Å². The third kappa shape index (κ3) is 3.10. The van der Waals surface area contributed by atoms with Gasteiger partial charge >= 0.3 is 0 Å². The molecule has 1 saturated heterocycles. The lowest BCUT2D eigenvalue weighted by molar-refractivity contribution is 0.0281. The van der Waals surface area contributed by atoms with Crippen molar-refractivity contribution in [2.75, 3.05) is 43.6 Å². The van der Waals surface area contributed by atoms with Gasteiger partial charge in [-0.15, -0.1) is 0 Å². The van der Waals surface area contributed by atoms with E-state index in [0.717, 1.165) is 51.9 Å². The van der Waals surface area contributed by atoms with Crippen LogP contribution in [0.2, 0.25) is 0 Å². The average molecular weight is 294 g/mol. The van der Waals surface area contributed by atoms with E-state index in [4.69, 9.17) is 4.74 Å². The van der Waals surface area contributed by atoms with Crippen molar-refractivity contribution in [3.63, 3.8) is 0 Å². The molecular formula is C15H23FN4O. The van der Waals surface area contributed by atoms with Crippen LogP contribution in [-0.2, 0) is 4.74 Å². The smallest absolute Gasteiger partial charge is 0.224 e. The number of hydrogen-bond acceptors (Lipinski definition) is 5. The van der Waals surface area contributed by atoms with Gasteiger partial charge in [-0.05, 0) is 25.7 Å². The molecule has 1 aromatic heterocycles. The number of halogens is 1. The minimum absolute atomic E-state index is 0.195. The van der Waals surface area contributed by atoms with Gasteiger partial charge in [0.15, 0.2) is 11.6 Å². The quantitative estimate of drug-likeness (QED) is 0.873. The average Bonchev–Trinajstić information content (AvgIpc) is 2.97. The Morgan fingerprint density at radius 3 is 2.71 bits per heavy atom. The number of ether oxygens (including phenoxy) is 1. The van der Waals surface area contributed by atoms with Crippen molar-refractivity contribution in [1.29, 1.82) is 0 Å². The molecule has 3 rings (SSSR count). The summed E-state index contributed by atoms with van der Waals surface area (Å²) in [5.74, 6) is 0.609. The first kappa shape index (κ1) is 14.5. The zero-order valence-corrected chi connectivity index (χ0v) is 12.6. The van der Waals surface area contributed by atoms with Gasteiger partial charge in [0, 0.05) is 32.2 Å². The summed E-state index contributed by atoms with van der Waals surface area (Å²) in [5.41, 5.74) is 0.195. The van der Waals surface area contributed by atoms with Crippen molar-refractivity contribution in [2.45, 2.75) is 32.1 Å². The molecular weight excluding hydrogens is 271 g/mol. The summed E-state index contributed by atoms with van der Waals surface area (Å²) in [7, 11) is 1.74. The summed E-state index contributed by atoms with van der Waals surface area (Å²) in [5, 5.41) is 3.27. The molecule has 2 fully saturated rings. The summed E-state index contributed by atoms with van der Waals surface area (Å²) >= 11 is 0. The molecule has 0 spiro atoms. The van der Waals surface area contributed by atoms with Gasteiger partial charge in [-0.3, -0.25) is 0 Å². The van der Waals surface area contributed by atoms with Crippen molar-refractivity contribution in [2.24, 2.45) is 5.41 Å². The van der Waals surface area contributed by atoms with Crippen molar-refractivity contribution in [1.82, 2.24) is 9.97 Å². The number of anilines is 2. The molecule has 1 aromatic rings. The molecule has 0 amide bonds. The molecule has 21 heavy (non-hydrogen) atoms. The van der Waals surface area contributed by atoms with Crippen molar-refractivity contribution < 1.29 is 9.13 Å². The Kier molecular flexibility index (Phi) is 4.24. The number of rotatable bonds is 6. The number of aromatic nitrogens is 2. The maximum atomic E-state index is 13.9. The fourth-order valence-electron chi connectivity index (χ4n) is 3.22. The fourth-order valence-corrected chi connectivity index (χ4v) is 3.22. The van der Waals surface area contributed by atoms with Gasteiger partial charge in [0.05, 0.1) is 12.8 Å². The maximum absolute atomic E-state index is 13.9. The van der Waals surface area contributed by atoms with Crippen LogP contribution in [0.25, 0.3) is 0 Å². The van der Waals surface area contributed by atoms with E-state index in [-0.39, 0.29) is 11.2 Å². The van der Waals surface area contributed by atoms with Crippen LogP contribution in [0.5, 0.6) is 0 Å². The van der Waals surface area contributed by atoms with Crippen LogP contribution in [0, 0.1) is 11.2 Å². The van der Waals surface area contributed by atoms with E-state index in [1.165, 1.54) is 12.6 Å². The molecule has 6 heteroatoms. The fraction of sp³-hybridized carbons (Fsp3) is 0.733. The monoisotopic (exact) mass is 294 g/mol. The predicted octanol–water partition coefficient (Wildman–Crippen LogP) is 2.44. The lowest BCUT2D eigenvalue weighted by Crippen LogP contribution is -2.40. The Hall–Kier alpha value is -1.43. The van der Waals surface area contributed by atoms with Gasteiger partial charge in [0.25, 0.3) is 0 Å². The Morgan fingerprint density at radius 1 is 1.33 bits per heavy atom. The van der Waals surface area contributed by atoms with Crippen LogP contribution in [0.3, 0.4) is 0 Å². The van der Waals surface area contributed by atoms with Crippen LogP contribution in [0.1, 0.15) is 32.1 Å². The van der Waals surface area contributed by atoms with E-state index in [0.29, 0.717) is 11.8 Å².